The molecule has 0 aromatic rings. The molecule has 0 amide bonds. The fourth-order valence-electron chi connectivity index (χ4n) is 2.22. The molecule has 1 aliphatic heterocycles. The van der Waals surface area contributed by atoms with Crippen molar-refractivity contribution in [3.8, 4) is 0 Å². The Hall–Kier alpha value is -0.610. The summed E-state index contributed by atoms with van der Waals surface area (Å²) in [7, 11) is 0. The number of carboxylic acid groups (broad SMARTS) is 1. The van der Waals surface area contributed by atoms with Gasteiger partial charge in [-0.05, 0) is 64.6 Å². The molecule has 100 valence electrons. The van der Waals surface area contributed by atoms with Crippen molar-refractivity contribution in [2.45, 2.75) is 51.5 Å². The highest BCUT2D eigenvalue weighted by molar-refractivity contribution is 5.77. The summed E-state index contributed by atoms with van der Waals surface area (Å²) in [4.78, 5) is 13.3. The highest BCUT2D eigenvalue weighted by atomic mass is 16.4. The lowest BCUT2D eigenvalue weighted by atomic mass is 9.95. The third-order valence-corrected chi connectivity index (χ3v) is 3.79. The van der Waals surface area contributed by atoms with Crippen molar-refractivity contribution in [3.05, 3.63) is 0 Å². The topological polar surface area (TPSA) is 66.6 Å². The molecule has 4 heteroatoms. The SMILES string of the molecule is CC1CCN(CCCCC(C)(N)C(=O)O)CC1. The van der Waals surface area contributed by atoms with E-state index < -0.39 is 11.5 Å². The molecule has 0 aromatic carbocycles. The predicted molar refractivity (Wildman–Crippen MR) is 68.9 cm³/mol. The molecule has 1 rings (SSSR count). The van der Waals surface area contributed by atoms with Crippen LogP contribution in [-0.2, 0) is 4.79 Å². The first-order chi connectivity index (χ1) is 7.92. The molecular formula is C13H26N2O2. The molecule has 1 unspecified atom stereocenters. The smallest absolute Gasteiger partial charge is 0.323 e. The van der Waals surface area contributed by atoms with Crippen molar-refractivity contribution < 1.29 is 9.90 Å². The minimum Gasteiger partial charge on any atom is -0.480 e. The summed E-state index contributed by atoms with van der Waals surface area (Å²) in [6.07, 6.45) is 5.10. The van der Waals surface area contributed by atoms with Crippen molar-refractivity contribution in [1.82, 2.24) is 4.90 Å². The second kappa shape index (κ2) is 6.36. The molecule has 1 aliphatic rings. The van der Waals surface area contributed by atoms with E-state index in [9.17, 15) is 4.79 Å². The van der Waals surface area contributed by atoms with Gasteiger partial charge in [0.15, 0.2) is 0 Å². The number of likely N-dealkylation sites (tertiary alicyclic amines) is 1. The fourth-order valence-corrected chi connectivity index (χ4v) is 2.22. The van der Waals surface area contributed by atoms with Crippen molar-refractivity contribution in [1.29, 1.82) is 0 Å². The Labute approximate surface area is 104 Å². The maximum Gasteiger partial charge on any atom is 0.323 e. The lowest BCUT2D eigenvalue weighted by Gasteiger charge is -2.30. The Morgan fingerprint density at radius 1 is 1.41 bits per heavy atom. The number of unbranched alkanes of at least 4 members (excludes halogenated alkanes) is 1. The molecule has 0 aliphatic carbocycles. The average Bonchev–Trinajstić information content (AvgIpc) is 2.26. The summed E-state index contributed by atoms with van der Waals surface area (Å²) in [6, 6.07) is 0. The van der Waals surface area contributed by atoms with Crippen LogP contribution in [-0.4, -0.2) is 41.1 Å². The summed E-state index contributed by atoms with van der Waals surface area (Å²) in [5.74, 6) is -0.0325. The van der Waals surface area contributed by atoms with E-state index in [0.29, 0.717) is 6.42 Å². The predicted octanol–water partition coefficient (Wildman–Crippen LogP) is 1.69. The van der Waals surface area contributed by atoms with E-state index in [1.165, 1.54) is 25.9 Å². The van der Waals surface area contributed by atoms with Crippen molar-refractivity contribution >= 4 is 5.97 Å². The lowest BCUT2D eigenvalue weighted by molar-refractivity contribution is -0.142. The van der Waals surface area contributed by atoms with Crippen LogP contribution in [0.15, 0.2) is 0 Å². The molecule has 0 spiro atoms. The van der Waals surface area contributed by atoms with E-state index in [2.05, 4.69) is 11.8 Å². The third kappa shape index (κ3) is 5.04. The minimum absolute atomic E-state index is 0.562. The maximum absolute atomic E-state index is 10.8. The average molecular weight is 242 g/mol. The molecular weight excluding hydrogens is 216 g/mol. The summed E-state index contributed by atoms with van der Waals surface area (Å²) >= 11 is 0. The summed E-state index contributed by atoms with van der Waals surface area (Å²) in [5, 5.41) is 8.88. The van der Waals surface area contributed by atoms with E-state index in [0.717, 1.165) is 25.3 Å². The molecule has 4 nitrogen and oxygen atoms in total. The quantitative estimate of drug-likeness (QED) is 0.696. The van der Waals surface area contributed by atoms with Crippen LogP contribution in [0.3, 0.4) is 0 Å². The van der Waals surface area contributed by atoms with Crippen LogP contribution < -0.4 is 5.73 Å². The normalized spacial score (nSPS) is 22.3. The summed E-state index contributed by atoms with van der Waals surface area (Å²) < 4.78 is 0. The van der Waals surface area contributed by atoms with Gasteiger partial charge in [-0.2, -0.15) is 0 Å². The first-order valence-corrected chi connectivity index (χ1v) is 6.66. The molecule has 3 N–H and O–H groups in total. The summed E-state index contributed by atoms with van der Waals surface area (Å²) in [6.45, 7) is 7.38. The van der Waals surface area contributed by atoms with Gasteiger partial charge < -0.3 is 15.7 Å². The molecule has 0 aromatic heterocycles. The number of piperidine rings is 1. The molecule has 1 fully saturated rings. The number of hydrogen-bond donors (Lipinski definition) is 2. The summed E-state index contributed by atoms with van der Waals surface area (Å²) in [5.41, 5.74) is 4.62. The zero-order chi connectivity index (χ0) is 12.9. The van der Waals surface area contributed by atoms with Gasteiger partial charge in [-0.1, -0.05) is 6.92 Å². The van der Waals surface area contributed by atoms with Crippen LogP contribution in [0.4, 0.5) is 0 Å². The largest absolute Gasteiger partial charge is 0.480 e. The van der Waals surface area contributed by atoms with Gasteiger partial charge in [0.05, 0.1) is 0 Å². The van der Waals surface area contributed by atoms with E-state index in [1.807, 2.05) is 0 Å². The highest BCUT2D eigenvalue weighted by Crippen LogP contribution is 2.17. The van der Waals surface area contributed by atoms with Gasteiger partial charge in [-0.25, -0.2) is 0 Å². The number of carbonyl (C=O) groups is 1. The Kier molecular flexibility index (Phi) is 5.40. The van der Waals surface area contributed by atoms with Gasteiger partial charge in [-0.15, -0.1) is 0 Å². The fraction of sp³-hybridized carbons (Fsp3) is 0.923. The number of hydrogen-bond acceptors (Lipinski definition) is 3. The Balaban J connectivity index is 2.10. The van der Waals surface area contributed by atoms with Crippen LogP contribution in [0.1, 0.15) is 46.0 Å². The zero-order valence-corrected chi connectivity index (χ0v) is 11.1. The first-order valence-electron chi connectivity index (χ1n) is 6.66. The van der Waals surface area contributed by atoms with E-state index in [1.54, 1.807) is 6.92 Å². The second-order valence-electron chi connectivity index (χ2n) is 5.70. The molecule has 1 heterocycles. The lowest BCUT2D eigenvalue weighted by Crippen LogP contribution is -2.44. The molecule has 17 heavy (non-hydrogen) atoms. The molecule has 0 radical (unpaired) electrons. The van der Waals surface area contributed by atoms with Gasteiger partial charge in [0, 0.05) is 0 Å². The van der Waals surface area contributed by atoms with E-state index in [4.69, 9.17) is 10.8 Å². The monoisotopic (exact) mass is 242 g/mol. The third-order valence-electron chi connectivity index (χ3n) is 3.79. The number of rotatable bonds is 6. The van der Waals surface area contributed by atoms with Gasteiger partial charge in [0.1, 0.15) is 5.54 Å². The number of nitrogens with zero attached hydrogens (tertiary/aromatic N) is 1. The molecule has 1 atom stereocenters. The second-order valence-corrected chi connectivity index (χ2v) is 5.70. The standard InChI is InChI=1S/C13H26N2O2/c1-11-5-9-15(10-6-11)8-4-3-7-13(2,14)12(16)17/h11H,3-10,14H2,1-2H3,(H,16,17). The maximum atomic E-state index is 10.8. The van der Waals surface area contributed by atoms with Crippen LogP contribution >= 0.6 is 0 Å². The minimum atomic E-state index is -1.06. The van der Waals surface area contributed by atoms with Crippen molar-refractivity contribution in [2.75, 3.05) is 19.6 Å². The van der Waals surface area contributed by atoms with Crippen LogP contribution in [0, 0.1) is 5.92 Å². The molecule has 0 saturated carbocycles. The Bertz CT molecular complexity index is 246. The van der Waals surface area contributed by atoms with Crippen molar-refractivity contribution in [3.63, 3.8) is 0 Å². The van der Waals surface area contributed by atoms with Gasteiger partial charge in [-0.3, -0.25) is 4.79 Å². The van der Waals surface area contributed by atoms with Crippen LogP contribution in [0.2, 0.25) is 0 Å². The number of aliphatic carboxylic acids is 1. The zero-order valence-electron chi connectivity index (χ0n) is 11.1. The van der Waals surface area contributed by atoms with E-state index >= 15 is 0 Å². The van der Waals surface area contributed by atoms with Gasteiger partial charge in [0.25, 0.3) is 0 Å². The van der Waals surface area contributed by atoms with Crippen molar-refractivity contribution in [2.24, 2.45) is 11.7 Å². The van der Waals surface area contributed by atoms with Crippen LogP contribution in [0.25, 0.3) is 0 Å². The molecule has 1 saturated heterocycles. The van der Waals surface area contributed by atoms with Gasteiger partial charge in [0.2, 0.25) is 0 Å². The highest BCUT2D eigenvalue weighted by Gasteiger charge is 2.26. The first kappa shape index (κ1) is 14.5. The molecule has 0 bridgehead atoms. The Morgan fingerprint density at radius 3 is 2.53 bits per heavy atom. The van der Waals surface area contributed by atoms with E-state index in [-0.39, 0.29) is 0 Å². The number of nitrogens with two attached hydrogens (primary N) is 1. The van der Waals surface area contributed by atoms with Crippen LogP contribution in [0.5, 0.6) is 0 Å². The Morgan fingerprint density at radius 2 is 2.00 bits per heavy atom. The van der Waals surface area contributed by atoms with Gasteiger partial charge >= 0.3 is 5.97 Å². The number of carboxylic acids is 1.